The number of carbonyl (C=O) groups excluding carboxylic acids is 1. The average Bonchev–Trinajstić information content (AvgIpc) is 2.78. The minimum Gasteiger partial charge on any atom is -0.497 e. The summed E-state index contributed by atoms with van der Waals surface area (Å²) in [6.45, 7) is 1.70. The molecule has 7 nitrogen and oxygen atoms in total. The summed E-state index contributed by atoms with van der Waals surface area (Å²) < 4.78 is 39.2. The van der Waals surface area contributed by atoms with E-state index in [4.69, 9.17) is 9.47 Å². The smallest absolute Gasteiger partial charge is 0.261 e. The lowest BCUT2D eigenvalue weighted by atomic mass is 10.1. The molecule has 3 rings (SSSR count). The number of halogens is 1. The minimum absolute atomic E-state index is 0.0698. The van der Waals surface area contributed by atoms with Crippen molar-refractivity contribution in [3.63, 3.8) is 0 Å². The number of hydrogen-bond acceptors (Lipinski definition) is 5. The SMILES string of the molecule is COc1cccc(NS(=O)(=O)c2ccc(OCC(=O)N[C@H](C)c3cccc(Br)c3)cc2)c1. The minimum atomic E-state index is -3.78. The second kappa shape index (κ2) is 10.5. The predicted molar refractivity (Wildman–Crippen MR) is 126 cm³/mol. The van der Waals surface area contributed by atoms with E-state index in [9.17, 15) is 13.2 Å². The molecule has 0 radical (unpaired) electrons. The van der Waals surface area contributed by atoms with Gasteiger partial charge in [0.15, 0.2) is 6.61 Å². The molecule has 0 aliphatic heterocycles. The summed E-state index contributed by atoms with van der Waals surface area (Å²) in [7, 11) is -2.27. The quantitative estimate of drug-likeness (QED) is 0.434. The van der Waals surface area contributed by atoms with Crippen LogP contribution in [0.25, 0.3) is 0 Å². The van der Waals surface area contributed by atoms with Gasteiger partial charge in [-0.2, -0.15) is 0 Å². The van der Waals surface area contributed by atoms with Gasteiger partial charge in [0.2, 0.25) is 0 Å². The van der Waals surface area contributed by atoms with Crippen molar-refractivity contribution in [3.05, 3.63) is 82.8 Å². The summed E-state index contributed by atoms with van der Waals surface area (Å²) in [6.07, 6.45) is 0. The first kappa shape index (κ1) is 23.6. The monoisotopic (exact) mass is 518 g/mol. The van der Waals surface area contributed by atoms with Crippen molar-refractivity contribution in [2.45, 2.75) is 17.9 Å². The Balaban J connectivity index is 1.56. The Morgan fingerprint density at radius 3 is 2.41 bits per heavy atom. The van der Waals surface area contributed by atoms with E-state index in [0.29, 0.717) is 17.2 Å². The highest BCUT2D eigenvalue weighted by atomic mass is 79.9. The maximum atomic E-state index is 12.6. The highest BCUT2D eigenvalue weighted by molar-refractivity contribution is 9.10. The third-order valence-corrected chi connectivity index (χ3v) is 6.44. The molecule has 0 unspecified atom stereocenters. The zero-order chi connectivity index (χ0) is 23.1. The second-order valence-electron chi connectivity index (χ2n) is 6.94. The van der Waals surface area contributed by atoms with E-state index in [0.717, 1.165) is 10.0 Å². The van der Waals surface area contributed by atoms with Crippen molar-refractivity contribution >= 4 is 37.5 Å². The molecule has 0 spiro atoms. The summed E-state index contributed by atoms with van der Waals surface area (Å²) in [4.78, 5) is 12.3. The number of methoxy groups -OCH3 is 1. The molecule has 0 bridgehead atoms. The van der Waals surface area contributed by atoms with Crippen molar-refractivity contribution in [2.75, 3.05) is 18.4 Å². The van der Waals surface area contributed by atoms with E-state index >= 15 is 0 Å². The van der Waals surface area contributed by atoms with Gasteiger partial charge in [0.1, 0.15) is 11.5 Å². The molecule has 0 saturated heterocycles. The second-order valence-corrected chi connectivity index (χ2v) is 9.54. The largest absolute Gasteiger partial charge is 0.497 e. The van der Waals surface area contributed by atoms with Crippen LogP contribution in [0.4, 0.5) is 5.69 Å². The van der Waals surface area contributed by atoms with E-state index in [1.807, 2.05) is 31.2 Å². The third-order valence-electron chi connectivity index (χ3n) is 4.55. The van der Waals surface area contributed by atoms with Gasteiger partial charge in [-0.05, 0) is 61.0 Å². The number of benzene rings is 3. The van der Waals surface area contributed by atoms with Gasteiger partial charge in [-0.3, -0.25) is 9.52 Å². The van der Waals surface area contributed by atoms with Crippen LogP contribution < -0.4 is 19.5 Å². The molecule has 0 aliphatic carbocycles. The van der Waals surface area contributed by atoms with Crippen molar-refractivity contribution in [3.8, 4) is 11.5 Å². The van der Waals surface area contributed by atoms with Gasteiger partial charge in [-0.15, -0.1) is 0 Å². The molecule has 3 aromatic carbocycles. The molecular weight excluding hydrogens is 496 g/mol. The number of hydrogen-bond donors (Lipinski definition) is 2. The van der Waals surface area contributed by atoms with Gasteiger partial charge in [0.25, 0.3) is 15.9 Å². The van der Waals surface area contributed by atoms with E-state index in [-0.39, 0.29) is 23.5 Å². The average molecular weight is 519 g/mol. The first-order valence-corrected chi connectivity index (χ1v) is 12.0. The highest BCUT2D eigenvalue weighted by Gasteiger charge is 2.15. The Kier molecular flexibility index (Phi) is 7.76. The van der Waals surface area contributed by atoms with E-state index in [1.165, 1.54) is 31.4 Å². The number of anilines is 1. The number of rotatable bonds is 9. The van der Waals surface area contributed by atoms with Crippen LogP contribution in [0, 0.1) is 0 Å². The molecule has 32 heavy (non-hydrogen) atoms. The summed E-state index contributed by atoms with van der Waals surface area (Å²) in [6, 6.07) is 20.0. The lowest BCUT2D eigenvalue weighted by molar-refractivity contribution is -0.123. The number of sulfonamides is 1. The molecule has 2 N–H and O–H groups in total. The summed E-state index contributed by atoms with van der Waals surface area (Å²) in [5.74, 6) is 0.644. The van der Waals surface area contributed by atoms with Gasteiger partial charge >= 0.3 is 0 Å². The van der Waals surface area contributed by atoms with Crippen LogP contribution in [0.1, 0.15) is 18.5 Å². The van der Waals surface area contributed by atoms with Crippen LogP contribution in [0.15, 0.2) is 82.2 Å². The zero-order valence-corrected chi connectivity index (χ0v) is 19.9. The Hall–Kier alpha value is -3.04. The van der Waals surface area contributed by atoms with Crippen LogP contribution in [0.5, 0.6) is 11.5 Å². The molecule has 0 aliphatic rings. The highest BCUT2D eigenvalue weighted by Crippen LogP contribution is 2.22. The normalized spacial score (nSPS) is 12.0. The molecule has 9 heteroatoms. The molecule has 3 aromatic rings. The van der Waals surface area contributed by atoms with E-state index < -0.39 is 10.0 Å². The van der Waals surface area contributed by atoms with Crippen molar-refractivity contribution in [2.24, 2.45) is 0 Å². The third kappa shape index (κ3) is 6.48. The van der Waals surface area contributed by atoms with E-state index in [2.05, 4.69) is 26.0 Å². The topological polar surface area (TPSA) is 93.7 Å². The number of carbonyl (C=O) groups is 1. The number of nitrogens with one attached hydrogen (secondary N) is 2. The number of ether oxygens (including phenoxy) is 2. The Bertz CT molecular complexity index is 1180. The molecule has 0 saturated carbocycles. The number of amides is 1. The standard InChI is InChI=1S/C23H23BrN2O5S/c1-16(17-5-3-6-18(24)13-17)25-23(27)15-31-20-9-11-22(12-10-20)32(28,29)26-19-7-4-8-21(14-19)30-2/h3-14,16,26H,15H2,1-2H3,(H,25,27)/t16-/m1/s1. The Morgan fingerprint density at radius 1 is 1.00 bits per heavy atom. The van der Waals surface area contributed by atoms with Crippen LogP contribution >= 0.6 is 15.9 Å². The molecule has 168 valence electrons. The molecule has 1 amide bonds. The van der Waals surface area contributed by atoms with Crippen LogP contribution in [0.3, 0.4) is 0 Å². The van der Waals surface area contributed by atoms with Gasteiger partial charge in [-0.25, -0.2) is 8.42 Å². The predicted octanol–water partition coefficient (Wildman–Crippen LogP) is 4.51. The van der Waals surface area contributed by atoms with Gasteiger partial charge in [0.05, 0.1) is 23.7 Å². The van der Waals surface area contributed by atoms with Gasteiger partial charge < -0.3 is 14.8 Å². The zero-order valence-electron chi connectivity index (χ0n) is 17.5. The van der Waals surface area contributed by atoms with Gasteiger partial charge in [-0.1, -0.05) is 34.1 Å². The lowest BCUT2D eigenvalue weighted by Gasteiger charge is -2.15. The molecule has 0 heterocycles. The maximum Gasteiger partial charge on any atom is 0.261 e. The van der Waals surface area contributed by atoms with Crippen molar-refractivity contribution in [1.29, 1.82) is 0 Å². The fraction of sp³-hybridized carbons (Fsp3) is 0.174. The molecular formula is C23H23BrN2O5S. The molecule has 0 fully saturated rings. The fourth-order valence-electron chi connectivity index (χ4n) is 2.91. The fourth-order valence-corrected chi connectivity index (χ4v) is 4.37. The Labute approximate surface area is 195 Å². The van der Waals surface area contributed by atoms with Crippen molar-refractivity contribution < 1.29 is 22.7 Å². The van der Waals surface area contributed by atoms with Crippen molar-refractivity contribution in [1.82, 2.24) is 5.32 Å². The molecule has 1 atom stereocenters. The first-order chi connectivity index (χ1) is 15.3. The maximum absolute atomic E-state index is 12.6. The lowest BCUT2D eigenvalue weighted by Crippen LogP contribution is -2.31. The summed E-state index contributed by atoms with van der Waals surface area (Å²) in [5.41, 5.74) is 1.35. The van der Waals surface area contributed by atoms with Crippen LogP contribution in [-0.2, 0) is 14.8 Å². The molecule has 0 aromatic heterocycles. The summed E-state index contributed by atoms with van der Waals surface area (Å²) >= 11 is 3.41. The summed E-state index contributed by atoms with van der Waals surface area (Å²) in [5, 5.41) is 2.87. The Morgan fingerprint density at radius 2 is 1.72 bits per heavy atom. The van der Waals surface area contributed by atoms with Crippen LogP contribution in [-0.4, -0.2) is 28.0 Å². The van der Waals surface area contributed by atoms with Crippen LogP contribution in [0.2, 0.25) is 0 Å². The van der Waals surface area contributed by atoms with E-state index in [1.54, 1.807) is 24.3 Å². The van der Waals surface area contributed by atoms with Gasteiger partial charge in [0, 0.05) is 10.5 Å². The first-order valence-electron chi connectivity index (χ1n) is 9.71.